The molecule has 0 bridgehead atoms. The predicted octanol–water partition coefficient (Wildman–Crippen LogP) is 4.80. The van der Waals surface area contributed by atoms with Crippen LogP contribution in [0.25, 0.3) is 0 Å². The molecule has 0 fully saturated rings. The first-order chi connectivity index (χ1) is 15.1. The third-order valence-electron chi connectivity index (χ3n) is 4.65. The highest BCUT2D eigenvalue weighted by Crippen LogP contribution is 2.23. The van der Waals surface area contributed by atoms with Gasteiger partial charge in [-0.05, 0) is 56.3 Å². The number of ether oxygens (including phenoxy) is 1. The van der Waals surface area contributed by atoms with Crippen molar-refractivity contribution in [3.05, 3.63) is 84.4 Å². The van der Waals surface area contributed by atoms with Crippen molar-refractivity contribution in [1.82, 2.24) is 0 Å². The van der Waals surface area contributed by atoms with Crippen molar-refractivity contribution in [3.8, 4) is 5.75 Å². The van der Waals surface area contributed by atoms with Gasteiger partial charge in [-0.2, -0.15) is 0 Å². The molecule has 3 aromatic carbocycles. The first-order valence-electron chi connectivity index (χ1n) is 10.3. The van der Waals surface area contributed by atoms with Gasteiger partial charge in [0.25, 0.3) is 5.91 Å². The van der Waals surface area contributed by atoms with E-state index in [1.165, 1.54) is 0 Å². The van der Waals surface area contributed by atoms with E-state index in [4.69, 9.17) is 4.74 Å². The minimum atomic E-state index is -0.216. The summed E-state index contributed by atoms with van der Waals surface area (Å²) in [5, 5.41) is 5.93. The fourth-order valence-electron chi connectivity index (χ4n) is 3.21. The zero-order valence-electron chi connectivity index (χ0n) is 17.8. The molecule has 0 saturated carbocycles. The lowest BCUT2D eigenvalue weighted by molar-refractivity contribution is -0.114. The van der Waals surface area contributed by atoms with Crippen molar-refractivity contribution in [1.29, 1.82) is 0 Å². The van der Waals surface area contributed by atoms with Crippen LogP contribution in [-0.2, 0) is 4.79 Å². The number of rotatable bonds is 9. The van der Waals surface area contributed by atoms with Gasteiger partial charge in [-0.3, -0.25) is 9.59 Å². The Balaban J connectivity index is 1.65. The second kappa shape index (κ2) is 10.8. The normalized spacial score (nSPS) is 10.3. The summed E-state index contributed by atoms with van der Waals surface area (Å²) < 4.78 is 5.56. The fraction of sp³-hybridized carbons (Fsp3) is 0.200. The van der Waals surface area contributed by atoms with Gasteiger partial charge in [-0.25, -0.2) is 0 Å². The topological polar surface area (TPSA) is 70.7 Å². The van der Waals surface area contributed by atoms with Crippen LogP contribution in [0.15, 0.2) is 78.9 Å². The second-order valence-electron chi connectivity index (χ2n) is 6.80. The van der Waals surface area contributed by atoms with Gasteiger partial charge in [0.15, 0.2) is 0 Å². The smallest absolute Gasteiger partial charge is 0.258 e. The minimum absolute atomic E-state index is 0.0767. The molecule has 3 rings (SSSR count). The quantitative estimate of drug-likeness (QED) is 0.525. The molecule has 0 heterocycles. The van der Waals surface area contributed by atoms with Crippen molar-refractivity contribution in [2.45, 2.75) is 13.8 Å². The van der Waals surface area contributed by atoms with Crippen LogP contribution < -0.4 is 20.3 Å². The zero-order valence-corrected chi connectivity index (χ0v) is 17.8. The SMILES string of the molecule is CCOc1ccccc1NCC(=O)Nc1cccc(C(=O)N(CC)c2ccccc2)c1. The summed E-state index contributed by atoms with van der Waals surface area (Å²) in [4.78, 5) is 27.2. The van der Waals surface area contributed by atoms with Crippen LogP contribution in [0.5, 0.6) is 5.75 Å². The monoisotopic (exact) mass is 417 g/mol. The molecule has 0 atom stereocenters. The maximum Gasteiger partial charge on any atom is 0.258 e. The van der Waals surface area contributed by atoms with Gasteiger partial charge < -0.3 is 20.3 Å². The highest BCUT2D eigenvalue weighted by Gasteiger charge is 2.16. The number of benzene rings is 3. The van der Waals surface area contributed by atoms with Gasteiger partial charge in [-0.1, -0.05) is 36.4 Å². The third-order valence-corrected chi connectivity index (χ3v) is 4.65. The predicted molar refractivity (Wildman–Crippen MR) is 125 cm³/mol. The molecule has 0 aliphatic rings. The Kier molecular flexibility index (Phi) is 7.65. The maximum atomic E-state index is 13.0. The average molecular weight is 418 g/mol. The summed E-state index contributed by atoms with van der Waals surface area (Å²) in [7, 11) is 0. The fourth-order valence-corrected chi connectivity index (χ4v) is 3.21. The van der Waals surface area contributed by atoms with E-state index >= 15 is 0 Å². The highest BCUT2D eigenvalue weighted by atomic mass is 16.5. The Morgan fingerprint density at radius 2 is 1.65 bits per heavy atom. The molecular weight excluding hydrogens is 390 g/mol. The van der Waals surface area contributed by atoms with Crippen molar-refractivity contribution >= 4 is 28.9 Å². The standard InChI is InChI=1S/C25H27N3O3/c1-3-28(21-13-6-5-7-14-21)25(30)19-11-10-12-20(17-19)27-24(29)18-26-22-15-8-9-16-23(22)31-4-2/h5-17,26H,3-4,18H2,1-2H3,(H,27,29). The summed E-state index contributed by atoms with van der Waals surface area (Å²) >= 11 is 0. The van der Waals surface area contributed by atoms with Crippen molar-refractivity contribution in [2.75, 3.05) is 35.2 Å². The maximum absolute atomic E-state index is 13.0. The van der Waals surface area contributed by atoms with Crippen LogP contribution >= 0.6 is 0 Å². The number of nitrogens with one attached hydrogen (secondary N) is 2. The molecule has 6 nitrogen and oxygen atoms in total. The lowest BCUT2D eigenvalue weighted by atomic mass is 10.1. The summed E-state index contributed by atoms with van der Waals surface area (Å²) in [5.41, 5.74) is 2.67. The van der Waals surface area contributed by atoms with E-state index in [2.05, 4.69) is 10.6 Å². The zero-order chi connectivity index (χ0) is 22.1. The number of para-hydroxylation sites is 3. The molecular formula is C25H27N3O3. The lowest BCUT2D eigenvalue weighted by Crippen LogP contribution is -2.30. The van der Waals surface area contributed by atoms with E-state index in [1.807, 2.05) is 68.4 Å². The number of carbonyl (C=O) groups is 2. The largest absolute Gasteiger partial charge is 0.492 e. The molecule has 2 N–H and O–H groups in total. The van der Waals surface area contributed by atoms with Gasteiger partial charge in [0.2, 0.25) is 5.91 Å². The molecule has 0 aromatic heterocycles. The highest BCUT2D eigenvalue weighted by molar-refractivity contribution is 6.07. The number of amides is 2. The Hall–Kier alpha value is -3.80. The Bertz CT molecular complexity index is 1020. The number of hydrogen-bond donors (Lipinski definition) is 2. The third kappa shape index (κ3) is 5.85. The summed E-state index contributed by atoms with van der Waals surface area (Å²) in [5.74, 6) is 0.367. The Morgan fingerprint density at radius 1 is 0.903 bits per heavy atom. The molecule has 0 aliphatic carbocycles. The van der Waals surface area contributed by atoms with Gasteiger partial charge in [0.05, 0.1) is 18.8 Å². The van der Waals surface area contributed by atoms with Crippen LogP contribution in [0.3, 0.4) is 0 Å². The first kappa shape index (κ1) is 21.9. The van der Waals surface area contributed by atoms with Crippen LogP contribution in [0.2, 0.25) is 0 Å². The Labute approximate surface area is 182 Å². The van der Waals surface area contributed by atoms with Gasteiger partial charge >= 0.3 is 0 Å². The molecule has 3 aromatic rings. The van der Waals surface area contributed by atoms with Crippen molar-refractivity contribution < 1.29 is 14.3 Å². The molecule has 0 saturated heterocycles. The van der Waals surface area contributed by atoms with E-state index in [-0.39, 0.29) is 18.4 Å². The number of carbonyl (C=O) groups excluding carboxylic acids is 2. The number of anilines is 3. The van der Waals surface area contributed by atoms with E-state index in [0.29, 0.717) is 30.2 Å². The molecule has 0 aliphatic heterocycles. The van der Waals surface area contributed by atoms with Gasteiger partial charge in [0, 0.05) is 23.5 Å². The van der Waals surface area contributed by atoms with Crippen LogP contribution in [0.4, 0.5) is 17.1 Å². The van der Waals surface area contributed by atoms with Crippen molar-refractivity contribution in [3.63, 3.8) is 0 Å². The molecule has 0 spiro atoms. The number of nitrogens with zero attached hydrogens (tertiary/aromatic N) is 1. The lowest BCUT2D eigenvalue weighted by Gasteiger charge is -2.21. The summed E-state index contributed by atoms with van der Waals surface area (Å²) in [6.07, 6.45) is 0. The molecule has 0 radical (unpaired) electrons. The minimum Gasteiger partial charge on any atom is -0.492 e. The molecule has 160 valence electrons. The number of hydrogen-bond acceptors (Lipinski definition) is 4. The van der Waals surface area contributed by atoms with E-state index < -0.39 is 0 Å². The molecule has 31 heavy (non-hydrogen) atoms. The van der Waals surface area contributed by atoms with Gasteiger partial charge in [0.1, 0.15) is 5.75 Å². The van der Waals surface area contributed by atoms with Crippen molar-refractivity contribution in [2.24, 2.45) is 0 Å². The Morgan fingerprint density at radius 3 is 2.39 bits per heavy atom. The van der Waals surface area contributed by atoms with E-state index in [1.54, 1.807) is 29.2 Å². The van der Waals surface area contributed by atoms with Crippen LogP contribution in [0.1, 0.15) is 24.2 Å². The molecule has 6 heteroatoms. The van der Waals surface area contributed by atoms with Crippen LogP contribution in [0, 0.1) is 0 Å². The average Bonchev–Trinajstić information content (AvgIpc) is 2.80. The second-order valence-corrected chi connectivity index (χ2v) is 6.80. The van der Waals surface area contributed by atoms with Crippen LogP contribution in [-0.4, -0.2) is 31.5 Å². The summed E-state index contributed by atoms with van der Waals surface area (Å²) in [6, 6.07) is 24.0. The van der Waals surface area contributed by atoms with Gasteiger partial charge in [-0.15, -0.1) is 0 Å². The summed E-state index contributed by atoms with van der Waals surface area (Å²) in [6.45, 7) is 5.01. The van der Waals surface area contributed by atoms with E-state index in [0.717, 1.165) is 11.4 Å². The molecule has 2 amide bonds. The van der Waals surface area contributed by atoms with E-state index in [9.17, 15) is 9.59 Å². The molecule has 0 unspecified atom stereocenters. The first-order valence-corrected chi connectivity index (χ1v) is 10.3.